The van der Waals surface area contributed by atoms with E-state index in [1.165, 1.54) is 51.4 Å². The summed E-state index contributed by atoms with van der Waals surface area (Å²) in [4.78, 5) is 11.9. The molecule has 0 aliphatic rings. The third kappa shape index (κ3) is 18.5. The van der Waals surface area contributed by atoms with Crippen LogP contribution >= 0.6 is 11.8 Å². The number of hydrogen-bond acceptors (Lipinski definition) is 5. The summed E-state index contributed by atoms with van der Waals surface area (Å²) in [5.41, 5.74) is 0. The Bertz CT molecular complexity index is 303. The van der Waals surface area contributed by atoms with Crippen LogP contribution in [0.5, 0.6) is 0 Å². The number of hydrogen-bond donors (Lipinski definition) is 2. The summed E-state index contributed by atoms with van der Waals surface area (Å²) in [6.45, 7) is 6.53. The minimum Gasteiger partial charge on any atom is -0.465 e. The normalized spacial score (nSPS) is 12.3. The predicted octanol–water partition coefficient (Wildman–Crippen LogP) is 4.79. The van der Waals surface area contributed by atoms with Crippen molar-refractivity contribution in [1.29, 1.82) is 0 Å². The van der Waals surface area contributed by atoms with Crippen LogP contribution < -0.4 is 5.32 Å². The van der Waals surface area contributed by atoms with Gasteiger partial charge in [-0.2, -0.15) is 11.8 Å². The molecule has 0 radical (unpaired) electrons. The van der Waals surface area contributed by atoms with Gasteiger partial charge >= 0.3 is 5.97 Å². The molecule has 26 heavy (non-hydrogen) atoms. The molecule has 0 saturated heterocycles. The SMILES string of the molecule is CCCCCCCCCCSCC(C)C(=O)OCCCCCNCCO. The third-order valence-electron chi connectivity index (χ3n) is 4.44. The molecule has 0 aromatic carbocycles. The average Bonchev–Trinajstić information content (AvgIpc) is 2.65. The number of rotatable bonds is 20. The van der Waals surface area contributed by atoms with Gasteiger partial charge < -0.3 is 15.2 Å². The van der Waals surface area contributed by atoms with Gasteiger partial charge in [0.05, 0.1) is 19.1 Å². The van der Waals surface area contributed by atoms with Gasteiger partial charge in [0, 0.05) is 12.3 Å². The van der Waals surface area contributed by atoms with E-state index in [1.54, 1.807) is 0 Å². The minimum absolute atomic E-state index is 0.000245. The van der Waals surface area contributed by atoms with E-state index in [4.69, 9.17) is 9.84 Å². The molecular formula is C21H43NO3S. The molecule has 0 fully saturated rings. The van der Waals surface area contributed by atoms with E-state index in [0.29, 0.717) is 13.2 Å². The quantitative estimate of drug-likeness (QED) is 0.231. The molecule has 0 heterocycles. The van der Waals surface area contributed by atoms with Crippen LogP contribution in [-0.2, 0) is 9.53 Å². The van der Waals surface area contributed by atoms with Crippen LogP contribution in [0.2, 0.25) is 0 Å². The first-order valence-electron chi connectivity index (χ1n) is 10.8. The first-order valence-corrected chi connectivity index (χ1v) is 11.9. The van der Waals surface area contributed by atoms with Crippen molar-refractivity contribution in [3.8, 4) is 0 Å². The highest BCUT2D eigenvalue weighted by atomic mass is 32.2. The summed E-state index contributed by atoms with van der Waals surface area (Å²) in [6.07, 6.45) is 13.8. The smallest absolute Gasteiger partial charge is 0.309 e. The van der Waals surface area contributed by atoms with Gasteiger partial charge in [-0.25, -0.2) is 0 Å². The van der Waals surface area contributed by atoms with E-state index in [0.717, 1.165) is 37.3 Å². The van der Waals surface area contributed by atoms with Crippen molar-refractivity contribution in [2.45, 2.75) is 84.5 Å². The number of ether oxygens (including phenoxy) is 1. The van der Waals surface area contributed by atoms with Crippen molar-refractivity contribution in [2.24, 2.45) is 5.92 Å². The summed E-state index contributed by atoms with van der Waals surface area (Å²) in [6, 6.07) is 0. The fraction of sp³-hybridized carbons (Fsp3) is 0.952. The Morgan fingerprint density at radius 2 is 1.62 bits per heavy atom. The lowest BCUT2D eigenvalue weighted by Crippen LogP contribution is -2.20. The van der Waals surface area contributed by atoms with Crippen LogP contribution in [0.15, 0.2) is 0 Å². The molecule has 0 aromatic rings. The summed E-state index contributed by atoms with van der Waals surface area (Å²) in [7, 11) is 0. The lowest BCUT2D eigenvalue weighted by Gasteiger charge is -2.11. The summed E-state index contributed by atoms with van der Waals surface area (Å²) in [5, 5.41) is 11.8. The Morgan fingerprint density at radius 1 is 0.962 bits per heavy atom. The molecule has 5 heteroatoms. The van der Waals surface area contributed by atoms with E-state index in [1.807, 2.05) is 18.7 Å². The highest BCUT2D eigenvalue weighted by Gasteiger charge is 2.13. The van der Waals surface area contributed by atoms with Crippen molar-refractivity contribution < 1.29 is 14.6 Å². The molecule has 0 aromatic heterocycles. The first kappa shape index (κ1) is 25.7. The molecular weight excluding hydrogens is 346 g/mol. The second-order valence-electron chi connectivity index (χ2n) is 7.15. The van der Waals surface area contributed by atoms with Gasteiger partial charge in [-0.3, -0.25) is 4.79 Å². The van der Waals surface area contributed by atoms with Crippen molar-refractivity contribution >= 4 is 17.7 Å². The molecule has 1 atom stereocenters. The van der Waals surface area contributed by atoms with Crippen LogP contribution in [0.1, 0.15) is 84.5 Å². The second kappa shape index (κ2) is 21.0. The minimum atomic E-state index is -0.0492. The molecule has 0 amide bonds. The number of aliphatic hydroxyl groups excluding tert-OH is 1. The second-order valence-corrected chi connectivity index (χ2v) is 8.30. The number of carbonyl (C=O) groups excluding carboxylic acids is 1. The lowest BCUT2D eigenvalue weighted by molar-refractivity contribution is -0.147. The zero-order valence-electron chi connectivity index (χ0n) is 17.3. The van der Waals surface area contributed by atoms with E-state index in [2.05, 4.69) is 12.2 Å². The van der Waals surface area contributed by atoms with Gasteiger partial charge in [-0.15, -0.1) is 0 Å². The Balaban J connectivity index is 3.32. The molecule has 156 valence electrons. The Kier molecular flexibility index (Phi) is 20.8. The Hall–Kier alpha value is -0.260. The van der Waals surface area contributed by atoms with Crippen LogP contribution in [0.25, 0.3) is 0 Å². The highest BCUT2D eigenvalue weighted by Crippen LogP contribution is 2.14. The highest BCUT2D eigenvalue weighted by molar-refractivity contribution is 7.99. The van der Waals surface area contributed by atoms with Crippen molar-refractivity contribution in [1.82, 2.24) is 5.32 Å². The van der Waals surface area contributed by atoms with Crippen molar-refractivity contribution in [3.63, 3.8) is 0 Å². The van der Waals surface area contributed by atoms with Gasteiger partial charge in [0.25, 0.3) is 0 Å². The molecule has 0 rings (SSSR count). The average molecular weight is 390 g/mol. The first-order chi connectivity index (χ1) is 12.7. The van der Waals surface area contributed by atoms with E-state index < -0.39 is 0 Å². The zero-order chi connectivity index (χ0) is 19.3. The number of unbranched alkanes of at least 4 members (excludes halogenated alkanes) is 9. The molecule has 2 N–H and O–H groups in total. The summed E-state index contributed by atoms with van der Waals surface area (Å²) >= 11 is 1.89. The van der Waals surface area contributed by atoms with Crippen LogP contribution in [-0.4, -0.2) is 48.9 Å². The number of nitrogens with one attached hydrogen (secondary N) is 1. The topological polar surface area (TPSA) is 58.6 Å². The molecule has 0 aliphatic heterocycles. The van der Waals surface area contributed by atoms with Gasteiger partial charge in [-0.1, -0.05) is 58.8 Å². The van der Waals surface area contributed by atoms with Gasteiger partial charge in [-0.05, 0) is 38.0 Å². The molecule has 0 aliphatic carbocycles. The van der Waals surface area contributed by atoms with E-state index in [-0.39, 0.29) is 18.5 Å². The fourth-order valence-electron chi connectivity index (χ4n) is 2.71. The summed E-state index contributed by atoms with van der Waals surface area (Å²) in [5.74, 6) is 1.99. The van der Waals surface area contributed by atoms with E-state index in [9.17, 15) is 4.79 Å². The van der Waals surface area contributed by atoms with Crippen molar-refractivity contribution in [2.75, 3.05) is 37.8 Å². The van der Waals surface area contributed by atoms with Crippen LogP contribution in [0.4, 0.5) is 0 Å². The van der Waals surface area contributed by atoms with Crippen LogP contribution in [0, 0.1) is 5.92 Å². The largest absolute Gasteiger partial charge is 0.465 e. The van der Waals surface area contributed by atoms with Crippen LogP contribution in [0.3, 0.4) is 0 Å². The standard InChI is InChI=1S/C21H43NO3S/c1-3-4-5-6-7-8-9-13-18-26-19-20(2)21(24)25-17-12-10-11-14-22-15-16-23/h20,22-23H,3-19H2,1-2H3. The molecule has 0 spiro atoms. The molecule has 1 unspecified atom stereocenters. The summed E-state index contributed by atoms with van der Waals surface area (Å²) < 4.78 is 5.36. The maximum atomic E-state index is 11.9. The number of esters is 1. The Morgan fingerprint density at radius 3 is 2.31 bits per heavy atom. The monoisotopic (exact) mass is 389 g/mol. The number of thioether (sulfide) groups is 1. The van der Waals surface area contributed by atoms with Gasteiger partial charge in [0.15, 0.2) is 0 Å². The molecule has 4 nitrogen and oxygen atoms in total. The third-order valence-corrected chi connectivity index (χ3v) is 5.76. The number of carbonyl (C=O) groups is 1. The maximum Gasteiger partial charge on any atom is 0.309 e. The molecule has 0 saturated carbocycles. The zero-order valence-corrected chi connectivity index (χ0v) is 18.1. The van der Waals surface area contributed by atoms with Crippen molar-refractivity contribution in [3.05, 3.63) is 0 Å². The van der Waals surface area contributed by atoms with E-state index >= 15 is 0 Å². The van der Waals surface area contributed by atoms with Gasteiger partial charge in [0.1, 0.15) is 0 Å². The van der Waals surface area contributed by atoms with Gasteiger partial charge in [0.2, 0.25) is 0 Å². The lowest BCUT2D eigenvalue weighted by atomic mass is 10.1. The maximum absolute atomic E-state index is 11.9. The molecule has 0 bridgehead atoms. The Labute approximate surface area is 166 Å². The fourth-order valence-corrected chi connectivity index (χ4v) is 3.78. The number of aliphatic hydroxyl groups is 1. The predicted molar refractivity (Wildman–Crippen MR) is 114 cm³/mol.